The fraction of sp³-hybridized carbons (Fsp3) is 0.500. The minimum atomic E-state index is -0.356. The van der Waals surface area contributed by atoms with Crippen molar-refractivity contribution in [2.75, 3.05) is 0 Å². The molecular weight excluding hydrogens is 170 g/mol. The topological polar surface area (TPSA) is 33.1 Å². The molecule has 2 nitrogen and oxygen atoms in total. The molecule has 0 aliphatic carbocycles. The van der Waals surface area contributed by atoms with Crippen LogP contribution >= 0.6 is 23.7 Å². The van der Waals surface area contributed by atoms with E-state index in [-0.39, 0.29) is 18.5 Å². The van der Waals surface area contributed by atoms with Gasteiger partial charge in [0.05, 0.1) is 0 Å². The van der Waals surface area contributed by atoms with E-state index in [0.717, 1.165) is 11.4 Å². The molecule has 1 rings (SSSR count). The number of aliphatic hydroxyl groups is 1. The van der Waals surface area contributed by atoms with Gasteiger partial charge in [-0.25, -0.2) is 4.98 Å². The van der Waals surface area contributed by atoms with E-state index in [2.05, 4.69) is 4.98 Å². The Morgan fingerprint density at radius 1 is 1.80 bits per heavy atom. The molecule has 1 heterocycles. The Labute approximate surface area is 70.3 Å². The number of thiazole rings is 1. The lowest BCUT2D eigenvalue weighted by Gasteiger charge is -1.99. The summed E-state index contributed by atoms with van der Waals surface area (Å²) in [6.45, 7) is 1.94. The van der Waals surface area contributed by atoms with Gasteiger partial charge in [-0.3, -0.25) is 0 Å². The zero-order chi connectivity index (χ0) is 6.69. The maximum Gasteiger partial charge on any atom is 0.121 e. The third kappa shape index (κ3) is 2.25. The molecule has 0 fully saturated rings. The van der Waals surface area contributed by atoms with Crippen LogP contribution in [0.1, 0.15) is 24.5 Å². The third-order valence-corrected chi connectivity index (χ3v) is 2.00. The number of aromatic nitrogens is 1. The van der Waals surface area contributed by atoms with E-state index >= 15 is 0 Å². The van der Waals surface area contributed by atoms with Crippen LogP contribution in [-0.2, 0) is 0 Å². The molecule has 0 amide bonds. The first kappa shape index (κ1) is 9.88. The molecule has 58 valence electrons. The highest BCUT2D eigenvalue weighted by atomic mass is 35.5. The second-order valence-corrected chi connectivity index (χ2v) is 2.72. The summed E-state index contributed by atoms with van der Waals surface area (Å²) < 4.78 is 0. The molecule has 0 bridgehead atoms. The number of rotatable bonds is 2. The van der Waals surface area contributed by atoms with Gasteiger partial charge in [0.25, 0.3) is 0 Å². The quantitative estimate of drug-likeness (QED) is 0.754. The minimum absolute atomic E-state index is 0. The average molecular weight is 180 g/mol. The van der Waals surface area contributed by atoms with Crippen LogP contribution in [0.2, 0.25) is 0 Å². The lowest BCUT2D eigenvalue weighted by molar-refractivity contribution is 0.173. The number of aliphatic hydroxyl groups excluding tert-OH is 1. The van der Waals surface area contributed by atoms with E-state index in [1.165, 1.54) is 11.3 Å². The van der Waals surface area contributed by atoms with Gasteiger partial charge in [-0.1, -0.05) is 6.92 Å². The Kier molecular flexibility index (Phi) is 4.60. The minimum Gasteiger partial charge on any atom is -0.386 e. The summed E-state index contributed by atoms with van der Waals surface area (Å²) in [7, 11) is 0. The van der Waals surface area contributed by atoms with E-state index in [4.69, 9.17) is 5.11 Å². The Bertz CT molecular complexity index is 166. The maximum atomic E-state index is 9.17. The van der Waals surface area contributed by atoms with Crippen molar-refractivity contribution in [1.29, 1.82) is 0 Å². The molecule has 1 aromatic heterocycles. The number of nitrogens with zero attached hydrogens (tertiary/aromatic N) is 1. The van der Waals surface area contributed by atoms with Gasteiger partial charge in [-0.05, 0) is 6.42 Å². The van der Waals surface area contributed by atoms with Crippen LogP contribution in [0.15, 0.2) is 11.6 Å². The fourth-order valence-corrected chi connectivity index (χ4v) is 1.28. The fourth-order valence-electron chi connectivity index (χ4n) is 0.574. The van der Waals surface area contributed by atoms with E-state index in [1.54, 1.807) is 6.20 Å². The average Bonchev–Trinajstić information content (AvgIpc) is 2.37. The summed E-state index contributed by atoms with van der Waals surface area (Å²) in [5.41, 5.74) is 0. The second kappa shape index (κ2) is 4.66. The van der Waals surface area contributed by atoms with Gasteiger partial charge in [0.1, 0.15) is 11.1 Å². The van der Waals surface area contributed by atoms with Crippen molar-refractivity contribution in [3.8, 4) is 0 Å². The van der Waals surface area contributed by atoms with Crippen molar-refractivity contribution in [1.82, 2.24) is 4.98 Å². The van der Waals surface area contributed by atoms with Gasteiger partial charge in [0, 0.05) is 11.6 Å². The van der Waals surface area contributed by atoms with Crippen molar-refractivity contribution in [2.24, 2.45) is 0 Å². The lowest BCUT2D eigenvalue weighted by Crippen LogP contribution is -1.92. The predicted octanol–water partition coefficient (Wildman–Crippen LogP) is 2.01. The first-order valence-electron chi connectivity index (χ1n) is 2.92. The number of halogens is 1. The van der Waals surface area contributed by atoms with Gasteiger partial charge in [-0.15, -0.1) is 23.7 Å². The molecule has 0 unspecified atom stereocenters. The molecular formula is C6H10ClNOS. The largest absolute Gasteiger partial charge is 0.386 e. The summed E-state index contributed by atoms with van der Waals surface area (Å²) >= 11 is 1.49. The molecule has 1 aromatic rings. The van der Waals surface area contributed by atoms with E-state index in [0.29, 0.717) is 0 Å². The normalized spacial score (nSPS) is 12.2. The smallest absolute Gasteiger partial charge is 0.121 e. The van der Waals surface area contributed by atoms with Crippen molar-refractivity contribution in [3.05, 3.63) is 16.6 Å². The lowest BCUT2D eigenvalue weighted by atomic mass is 10.3. The third-order valence-electron chi connectivity index (χ3n) is 1.12. The molecule has 0 spiro atoms. The van der Waals surface area contributed by atoms with Gasteiger partial charge in [0.15, 0.2) is 0 Å². The number of hydrogen-bond donors (Lipinski definition) is 1. The molecule has 1 N–H and O–H groups in total. The van der Waals surface area contributed by atoms with Crippen LogP contribution in [0.25, 0.3) is 0 Å². The summed E-state index contributed by atoms with van der Waals surface area (Å²) in [5, 5.41) is 11.9. The molecule has 0 aliphatic rings. The Hall–Kier alpha value is -0.120. The van der Waals surface area contributed by atoms with Gasteiger partial charge in [0.2, 0.25) is 0 Å². The summed E-state index contributed by atoms with van der Waals surface area (Å²) in [6.07, 6.45) is 2.09. The Morgan fingerprint density at radius 3 is 2.90 bits per heavy atom. The maximum absolute atomic E-state index is 9.17. The summed E-state index contributed by atoms with van der Waals surface area (Å²) in [4.78, 5) is 3.96. The van der Waals surface area contributed by atoms with Crippen LogP contribution in [0.3, 0.4) is 0 Å². The van der Waals surface area contributed by atoms with E-state index < -0.39 is 0 Å². The zero-order valence-corrected chi connectivity index (χ0v) is 7.28. The van der Waals surface area contributed by atoms with Gasteiger partial charge < -0.3 is 5.11 Å². The molecule has 0 radical (unpaired) electrons. The number of hydrogen-bond acceptors (Lipinski definition) is 3. The highest BCUT2D eigenvalue weighted by molar-refractivity contribution is 7.09. The molecule has 0 aromatic carbocycles. The van der Waals surface area contributed by atoms with Gasteiger partial charge in [-0.2, -0.15) is 0 Å². The van der Waals surface area contributed by atoms with Crippen molar-refractivity contribution < 1.29 is 5.11 Å². The molecule has 4 heteroatoms. The molecule has 10 heavy (non-hydrogen) atoms. The van der Waals surface area contributed by atoms with Gasteiger partial charge >= 0.3 is 0 Å². The monoisotopic (exact) mass is 179 g/mol. The van der Waals surface area contributed by atoms with E-state index in [1.807, 2.05) is 12.3 Å². The molecule has 1 atom stereocenters. The standard InChI is InChI=1S/C6H9NOS.ClH/c1-2-5(8)6-7-3-4-9-6;/h3-5,8H,2H2,1H3;1H/t5-;/m1./s1. The summed E-state index contributed by atoms with van der Waals surface area (Å²) in [5.74, 6) is 0. The van der Waals surface area contributed by atoms with Crippen LogP contribution in [0.5, 0.6) is 0 Å². The highest BCUT2D eigenvalue weighted by Gasteiger charge is 2.04. The van der Waals surface area contributed by atoms with Crippen LogP contribution < -0.4 is 0 Å². The van der Waals surface area contributed by atoms with Crippen LogP contribution in [-0.4, -0.2) is 10.1 Å². The second-order valence-electron chi connectivity index (χ2n) is 1.79. The van der Waals surface area contributed by atoms with Crippen LogP contribution in [0, 0.1) is 0 Å². The van der Waals surface area contributed by atoms with Crippen molar-refractivity contribution in [3.63, 3.8) is 0 Å². The first-order valence-corrected chi connectivity index (χ1v) is 3.80. The Balaban J connectivity index is 0.000000810. The molecule has 0 saturated heterocycles. The Morgan fingerprint density at radius 2 is 2.50 bits per heavy atom. The van der Waals surface area contributed by atoms with Crippen molar-refractivity contribution >= 4 is 23.7 Å². The van der Waals surface area contributed by atoms with E-state index in [9.17, 15) is 0 Å². The molecule has 0 saturated carbocycles. The SMILES string of the molecule is CC[C@@H](O)c1nccs1.Cl. The zero-order valence-electron chi connectivity index (χ0n) is 5.65. The summed E-state index contributed by atoms with van der Waals surface area (Å²) in [6, 6.07) is 0. The first-order chi connectivity index (χ1) is 4.34. The highest BCUT2D eigenvalue weighted by Crippen LogP contribution is 2.17. The van der Waals surface area contributed by atoms with Crippen LogP contribution in [0.4, 0.5) is 0 Å². The predicted molar refractivity (Wildman–Crippen MR) is 44.6 cm³/mol. The molecule has 0 aliphatic heterocycles. The van der Waals surface area contributed by atoms with Crippen molar-refractivity contribution in [2.45, 2.75) is 19.4 Å².